The molecule has 2 nitrogen and oxygen atoms in total. The van der Waals surface area contributed by atoms with E-state index in [1.807, 2.05) is 6.07 Å². The van der Waals surface area contributed by atoms with E-state index in [0.717, 1.165) is 36.7 Å². The van der Waals surface area contributed by atoms with Crippen molar-refractivity contribution in [3.8, 4) is 6.07 Å². The zero-order chi connectivity index (χ0) is 12.3. The fraction of sp³-hybridized carbons (Fsp3) is 0.667. The Morgan fingerprint density at radius 3 is 2.65 bits per heavy atom. The van der Waals surface area contributed by atoms with Crippen molar-refractivity contribution in [3.05, 3.63) is 24.2 Å². The van der Waals surface area contributed by atoms with Crippen LogP contribution in [0.25, 0.3) is 0 Å². The van der Waals surface area contributed by atoms with Crippen LogP contribution in [0.2, 0.25) is 0 Å². The van der Waals surface area contributed by atoms with Gasteiger partial charge in [-0.25, -0.2) is 0 Å². The lowest BCUT2D eigenvalue weighted by atomic mass is 9.66. The third-order valence-corrected chi connectivity index (χ3v) is 4.29. The minimum Gasteiger partial charge on any atom is -0.472 e. The molecular weight excluding hydrogens is 210 g/mol. The van der Waals surface area contributed by atoms with Gasteiger partial charge in [-0.1, -0.05) is 13.8 Å². The molecule has 0 atom stereocenters. The first kappa shape index (κ1) is 12.2. The Kier molecular flexibility index (Phi) is 3.57. The van der Waals surface area contributed by atoms with Crippen molar-refractivity contribution in [2.24, 2.45) is 17.3 Å². The van der Waals surface area contributed by atoms with Crippen molar-refractivity contribution >= 4 is 0 Å². The van der Waals surface area contributed by atoms with Gasteiger partial charge in [-0.15, -0.1) is 0 Å². The normalized spacial score (nSPS) is 29.2. The summed E-state index contributed by atoms with van der Waals surface area (Å²) in [6.45, 7) is 4.58. The second-order valence-corrected chi connectivity index (χ2v) is 5.78. The number of hydrogen-bond acceptors (Lipinski definition) is 2. The molecule has 2 heteroatoms. The summed E-state index contributed by atoms with van der Waals surface area (Å²) in [5, 5.41) is 9.48. The highest BCUT2D eigenvalue weighted by atomic mass is 16.3. The lowest BCUT2D eigenvalue weighted by molar-refractivity contribution is 0.174. The van der Waals surface area contributed by atoms with Crippen LogP contribution in [-0.4, -0.2) is 0 Å². The lowest BCUT2D eigenvalue weighted by Crippen LogP contribution is -2.29. The fourth-order valence-corrected chi connectivity index (χ4v) is 2.97. The van der Waals surface area contributed by atoms with Gasteiger partial charge in [0.05, 0.1) is 24.0 Å². The first-order valence-electron chi connectivity index (χ1n) is 6.57. The molecule has 1 aliphatic carbocycles. The Bertz CT molecular complexity index is 378. The Morgan fingerprint density at radius 1 is 1.47 bits per heavy atom. The predicted octanol–water partition coefficient (Wildman–Crippen LogP) is 4.18. The molecule has 2 rings (SSSR count). The van der Waals surface area contributed by atoms with Gasteiger partial charge in [-0.2, -0.15) is 5.26 Å². The van der Waals surface area contributed by atoms with E-state index in [0.29, 0.717) is 0 Å². The van der Waals surface area contributed by atoms with Gasteiger partial charge in [0, 0.05) is 0 Å². The Balaban J connectivity index is 2.01. The Hall–Kier alpha value is -1.23. The molecule has 1 aromatic rings. The smallest absolute Gasteiger partial charge is 0.0935 e. The van der Waals surface area contributed by atoms with Crippen LogP contribution < -0.4 is 0 Å². The Labute approximate surface area is 104 Å². The third-order valence-electron chi connectivity index (χ3n) is 4.29. The van der Waals surface area contributed by atoms with E-state index in [1.165, 1.54) is 12.8 Å². The molecule has 0 spiro atoms. The van der Waals surface area contributed by atoms with Crippen molar-refractivity contribution in [3.63, 3.8) is 0 Å². The summed E-state index contributed by atoms with van der Waals surface area (Å²) in [6.07, 6.45) is 8.79. The highest BCUT2D eigenvalue weighted by Crippen LogP contribution is 2.43. The molecule has 0 aliphatic heterocycles. The summed E-state index contributed by atoms with van der Waals surface area (Å²) in [7, 11) is 0. The standard InChI is InChI=1S/C15H21NO/c1-12(2)14-3-6-15(11-16,7-4-14)9-13-5-8-17-10-13/h5,8,10,12,14H,3-4,6-7,9H2,1-2H3. The summed E-state index contributed by atoms with van der Waals surface area (Å²) in [5.41, 5.74) is 1.02. The van der Waals surface area contributed by atoms with Gasteiger partial charge in [0.2, 0.25) is 0 Å². The van der Waals surface area contributed by atoms with E-state index < -0.39 is 0 Å². The Morgan fingerprint density at radius 2 is 2.18 bits per heavy atom. The summed E-state index contributed by atoms with van der Waals surface area (Å²) >= 11 is 0. The SMILES string of the molecule is CC(C)C1CCC(C#N)(Cc2ccoc2)CC1. The fourth-order valence-electron chi connectivity index (χ4n) is 2.97. The topological polar surface area (TPSA) is 36.9 Å². The summed E-state index contributed by atoms with van der Waals surface area (Å²) in [4.78, 5) is 0. The second-order valence-electron chi connectivity index (χ2n) is 5.78. The van der Waals surface area contributed by atoms with Crippen molar-refractivity contribution < 1.29 is 4.42 Å². The van der Waals surface area contributed by atoms with Gasteiger partial charge in [0.1, 0.15) is 0 Å². The summed E-state index contributed by atoms with van der Waals surface area (Å²) in [6, 6.07) is 4.55. The van der Waals surface area contributed by atoms with E-state index in [-0.39, 0.29) is 5.41 Å². The van der Waals surface area contributed by atoms with Crippen LogP contribution in [0.15, 0.2) is 23.0 Å². The summed E-state index contributed by atoms with van der Waals surface area (Å²) < 4.78 is 5.10. The zero-order valence-corrected chi connectivity index (χ0v) is 10.8. The molecule has 0 aromatic carbocycles. The molecule has 1 fully saturated rings. The maximum Gasteiger partial charge on any atom is 0.0935 e. The van der Waals surface area contributed by atoms with Crippen LogP contribution in [0.4, 0.5) is 0 Å². The highest BCUT2D eigenvalue weighted by molar-refractivity contribution is 5.14. The van der Waals surface area contributed by atoms with Crippen LogP contribution in [0.1, 0.15) is 45.1 Å². The number of nitrogens with zero attached hydrogens (tertiary/aromatic N) is 1. The van der Waals surface area contributed by atoms with Crippen LogP contribution in [0, 0.1) is 28.6 Å². The molecule has 1 aromatic heterocycles. The van der Waals surface area contributed by atoms with Gasteiger partial charge in [-0.05, 0) is 55.6 Å². The molecule has 0 amide bonds. The maximum atomic E-state index is 9.48. The monoisotopic (exact) mass is 231 g/mol. The van der Waals surface area contributed by atoms with Crippen molar-refractivity contribution in [1.82, 2.24) is 0 Å². The van der Waals surface area contributed by atoms with E-state index in [9.17, 15) is 5.26 Å². The second kappa shape index (κ2) is 4.96. The number of furan rings is 1. The predicted molar refractivity (Wildman–Crippen MR) is 67.3 cm³/mol. The number of rotatable bonds is 3. The first-order chi connectivity index (χ1) is 8.15. The van der Waals surface area contributed by atoms with Crippen LogP contribution >= 0.6 is 0 Å². The van der Waals surface area contributed by atoms with Gasteiger partial charge >= 0.3 is 0 Å². The van der Waals surface area contributed by atoms with Gasteiger partial charge in [0.15, 0.2) is 0 Å². The molecular formula is C15H21NO. The highest BCUT2D eigenvalue weighted by Gasteiger charge is 2.36. The van der Waals surface area contributed by atoms with E-state index >= 15 is 0 Å². The molecule has 1 saturated carbocycles. The first-order valence-corrected chi connectivity index (χ1v) is 6.57. The largest absolute Gasteiger partial charge is 0.472 e. The molecule has 0 N–H and O–H groups in total. The minimum absolute atomic E-state index is 0.144. The molecule has 92 valence electrons. The third kappa shape index (κ3) is 2.72. The van der Waals surface area contributed by atoms with Crippen LogP contribution in [-0.2, 0) is 6.42 Å². The number of hydrogen-bond donors (Lipinski definition) is 0. The zero-order valence-electron chi connectivity index (χ0n) is 10.8. The van der Waals surface area contributed by atoms with Gasteiger partial charge < -0.3 is 4.42 Å². The molecule has 0 unspecified atom stereocenters. The number of nitriles is 1. The molecule has 17 heavy (non-hydrogen) atoms. The van der Waals surface area contributed by atoms with Crippen LogP contribution in [0.3, 0.4) is 0 Å². The average molecular weight is 231 g/mol. The molecule has 0 radical (unpaired) electrons. The van der Waals surface area contributed by atoms with Crippen molar-refractivity contribution in [2.75, 3.05) is 0 Å². The quantitative estimate of drug-likeness (QED) is 0.782. The molecule has 0 bridgehead atoms. The maximum absolute atomic E-state index is 9.48. The molecule has 1 heterocycles. The average Bonchev–Trinajstić information content (AvgIpc) is 2.82. The van der Waals surface area contributed by atoms with E-state index in [2.05, 4.69) is 19.9 Å². The molecule has 1 aliphatic rings. The minimum atomic E-state index is -0.144. The van der Waals surface area contributed by atoms with E-state index in [1.54, 1.807) is 12.5 Å². The lowest BCUT2D eigenvalue weighted by Gasteiger charge is -2.36. The van der Waals surface area contributed by atoms with Gasteiger partial charge in [-0.3, -0.25) is 0 Å². The van der Waals surface area contributed by atoms with E-state index in [4.69, 9.17) is 4.42 Å². The van der Waals surface area contributed by atoms with Gasteiger partial charge in [0.25, 0.3) is 0 Å². The molecule has 0 saturated heterocycles. The van der Waals surface area contributed by atoms with Crippen LogP contribution in [0.5, 0.6) is 0 Å². The van der Waals surface area contributed by atoms with Crippen molar-refractivity contribution in [2.45, 2.75) is 46.0 Å². The summed E-state index contributed by atoms with van der Waals surface area (Å²) in [5.74, 6) is 1.56. The van der Waals surface area contributed by atoms with Crippen molar-refractivity contribution in [1.29, 1.82) is 5.26 Å².